The van der Waals surface area contributed by atoms with Gasteiger partial charge in [-0.2, -0.15) is 0 Å². The minimum atomic E-state index is 0.0573. The molecule has 16 heavy (non-hydrogen) atoms. The second-order valence-corrected chi connectivity index (χ2v) is 5.75. The molecule has 0 saturated heterocycles. The Hall–Kier alpha value is -0.985. The summed E-state index contributed by atoms with van der Waals surface area (Å²) < 4.78 is 0. The van der Waals surface area contributed by atoms with Crippen LogP contribution in [0.25, 0.3) is 0 Å². The molecule has 3 heteroatoms. The molecule has 0 aromatic heterocycles. The number of hydrogen-bond donors (Lipinski definition) is 2. The average Bonchev–Trinajstić information content (AvgIpc) is 2.44. The van der Waals surface area contributed by atoms with E-state index < -0.39 is 0 Å². The molecule has 0 saturated carbocycles. The first-order valence-corrected chi connectivity index (χ1v) is 5.89. The predicted molar refractivity (Wildman–Crippen MR) is 73.5 cm³/mol. The number of rotatable bonds is 2. The molecule has 1 aliphatic rings. The van der Waals surface area contributed by atoms with E-state index in [4.69, 9.17) is 11.5 Å². The average molecular weight is 218 g/mol. The van der Waals surface area contributed by atoms with Crippen molar-refractivity contribution in [1.29, 1.82) is 0 Å². The van der Waals surface area contributed by atoms with Gasteiger partial charge in [0, 0.05) is 0 Å². The van der Waals surface area contributed by atoms with Gasteiger partial charge in [0.05, 0.1) is 0 Å². The van der Waals surface area contributed by atoms with Crippen LogP contribution in [0.3, 0.4) is 0 Å². The van der Waals surface area contributed by atoms with Crippen LogP contribution in [-0.4, -0.2) is 13.0 Å². The molecular weight excluding hydrogens is 195 g/mol. The number of allylic oxidation sites excluding steroid dienone is 3. The van der Waals surface area contributed by atoms with Gasteiger partial charge < -0.3 is 0 Å². The Morgan fingerprint density at radius 2 is 2.00 bits per heavy atom. The molecule has 0 amide bonds. The molecule has 0 radical (unpaired) electrons. The zero-order chi connectivity index (χ0) is 12.5. The Labute approximate surface area is 99.9 Å². The molecule has 4 N–H and O–H groups in total. The fourth-order valence-electron chi connectivity index (χ4n) is 1.92. The molecule has 2 nitrogen and oxygen atoms in total. The number of nitrogens with two attached hydrogens (primary N) is 2. The summed E-state index contributed by atoms with van der Waals surface area (Å²) >= 11 is 0. The van der Waals surface area contributed by atoms with Gasteiger partial charge in [0.25, 0.3) is 0 Å². The van der Waals surface area contributed by atoms with Crippen LogP contribution in [0.1, 0.15) is 40.5 Å². The van der Waals surface area contributed by atoms with Crippen LogP contribution in [0.2, 0.25) is 0 Å². The summed E-state index contributed by atoms with van der Waals surface area (Å²) in [5.41, 5.74) is 16.1. The summed E-state index contributed by atoms with van der Waals surface area (Å²) in [7, 11) is 4.07. The van der Waals surface area contributed by atoms with E-state index in [-0.39, 0.29) is 5.41 Å². The van der Waals surface area contributed by atoms with Crippen LogP contribution in [0, 0.1) is 11.3 Å². The Balaban J connectivity index is 2.95. The van der Waals surface area contributed by atoms with Crippen molar-refractivity contribution in [3.63, 3.8) is 0 Å². The summed E-state index contributed by atoms with van der Waals surface area (Å²) in [6.07, 6.45) is 4.05. The fourth-order valence-corrected chi connectivity index (χ4v) is 1.92. The minimum absolute atomic E-state index is 0.0573. The van der Waals surface area contributed by atoms with Crippen molar-refractivity contribution in [2.24, 2.45) is 22.8 Å². The molecule has 1 unspecified atom stereocenters. The molecule has 0 heterocycles. The summed E-state index contributed by atoms with van der Waals surface area (Å²) in [5, 5.41) is 0. The Morgan fingerprint density at radius 1 is 1.44 bits per heavy atom. The van der Waals surface area contributed by atoms with Gasteiger partial charge in [0.15, 0.2) is 0 Å². The van der Waals surface area contributed by atoms with Gasteiger partial charge in [0.1, 0.15) is 0 Å². The van der Waals surface area contributed by atoms with Gasteiger partial charge in [-0.1, -0.05) is 0 Å². The summed E-state index contributed by atoms with van der Waals surface area (Å²) in [6, 6.07) is 0. The molecule has 0 aromatic rings. The Kier molecular flexibility index (Phi) is 3.66. The molecule has 0 spiro atoms. The van der Waals surface area contributed by atoms with Crippen LogP contribution in [0.4, 0.5) is 0 Å². The predicted octanol–water partition coefficient (Wildman–Crippen LogP) is 1.59. The van der Waals surface area contributed by atoms with Crippen molar-refractivity contribution in [3.8, 4) is 0 Å². The first kappa shape index (κ1) is 13.1. The van der Waals surface area contributed by atoms with Crippen LogP contribution in [0.15, 0.2) is 23.0 Å². The van der Waals surface area contributed by atoms with Gasteiger partial charge in [-0.15, -0.1) is 0 Å². The van der Waals surface area contributed by atoms with Crippen LogP contribution < -0.4 is 11.5 Å². The SMILES string of the molecule is B=C(/C=C(/N)C1=C(N)CCC1C)C(C)(C)C. The summed E-state index contributed by atoms with van der Waals surface area (Å²) in [5.74, 6) is 0.476. The molecule has 1 atom stereocenters. The molecule has 1 aliphatic carbocycles. The van der Waals surface area contributed by atoms with E-state index in [0.717, 1.165) is 35.3 Å². The number of hydrogen-bond acceptors (Lipinski definition) is 2. The summed E-state index contributed by atoms with van der Waals surface area (Å²) in [4.78, 5) is 0. The van der Waals surface area contributed by atoms with Gasteiger partial charge in [0.2, 0.25) is 0 Å². The van der Waals surface area contributed by atoms with Crippen LogP contribution in [0.5, 0.6) is 0 Å². The van der Waals surface area contributed by atoms with Crippen LogP contribution >= 0.6 is 0 Å². The molecule has 1 rings (SSSR count). The molecule has 0 aliphatic heterocycles. The quantitative estimate of drug-likeness (QED) is 0.691. The zero-order valence-corrected chi connectivity index (χ0v) is 10.9. The maximum absolute atomic E-state index is 6.12. The van der Waals surface area contributed by atoms with E-state index >= 15 is 0 Å². The van der Waals surface area contributed by atoms with Crippen molar-refractivity contribution in [2.45, 2.75) is 40.5 Å². The van der Waals surface area contributed by atoms with Gasteiger partial charge >= 0.3 is 99.3 Å². The third-order valence-corrected chi connectivity index (χ3v) is 3.29. The molecule has 0 fully saturated rings. The fraction of sp³-hybridized carbons (Fsp3) is 0.615. The van der Waals surface area contributed by atoms with Crippen molar-refractivity contribution in [1.82, 2.24) is 0 Å². The second kappa shape index (κ2) is 4.48. The summed E-state index contributed by atoms with van der Waals surface area (Å²) in [6.45, 7) is 8.58. The molecule has 0 aromatic carbocycles. The molecule has 88 valence electrons. The van der Waals surface area contributed by atoms with Gasteiger partial charge in [-0.3, -0.25) is 0 Å². The topological polar surface area (TPSA) is 52.0 Å². The van der Waals surface area contributed by atoms with Gasteiger partial charge in [-0.05, 0) is 0 Å². The standard InChI is InChI=1S/C13H23BN2/c1-8-5-6-9(15)12(8)10(16)7-11(14)13(2,3)4/h7-8,14H,5-6,15-16H2,1-4H3/b10-7+. The van der Waals surface area contributed by atoms with E-state index in [1.165, 1.54) is 0 Å². The Bertz CT molecular complexity index is 359. The van der Waals surface area contributed by atoms with Crippen molar-refractivity contribution < 1.29 is 0 Å². The zero-order valence-electron chi connectivity index (χ0n) is 10.9. The van der Waals surface area contributed by atoms with Crippen molar-refractivity contribution in [3.05, 3.63) is 23.0 Å². The molecule has 0 bridgehead atoms. The van der Waals surface area contributed by atoms with E-state index in [1.54, 1.807) is 0 Å². The first-order valence-electron chi connectivity index (χ1n) is 5.89. The van der Waals surface area contributed by atoms with E-state index in [9.17, 15) is 0 Å². The van der Waals surface area contributed by atoms with Crippen molar-refractivity contribution >= 4 is 13.0 Å². The third-order valence-electron chi connectivity index (χ3n) is 3.29. The van der Waals surface area contributed by atoms with E-state index in [1.807, 2.05) is 6.08 Å². The monoisotopic (exact) mass is 218 g/mol. The van der Waals surface area contributed by atoms with Gasteiger partial charge in [-0.25, -0.2) is 0 Å². The van der Waals surface area contributed by atoms with E-state index in [2.05, 4.69) is 35.2 Å². The van der Waals surface area contributed by atoms with Crippen molar-refractivity contribution in [2.75, 3.05) is 0 Å². The van der Waals surface area contributed by atoms with Crippen LogP contribution in [-0.2, 0) is 0 Å². The third kappa shape index (κ3) is 2.78. The van der Waals surface area contributed by atoms with E-state index in [0.29, 0.717) is 5.92 Å². The normalized spacial score (nSPS) is 22.7. The maximum atomic E-state index is 6.12. The Morgan fingerprint density at radius 3 is 2.38 bits per heavy atom. The first-order chi connectivity index (χ1) is 7.23. The second-order valence-electron chi connectivity index (χ2n) is 5.75. The molecular formula is C13H23BN2.